The molecule has 0 bridgehead atoms. The molecule has 90 valence electrons. The lowest BCUT2D eigenvalue weighted by Gasteiger charge is -2.16. The van der Waals surface area contributed by atoms with E-state index >= 15 is 0 Å². The van der Waals surface area contributed by atoms with E-state index in [2.05, 4.69) is 15.5 Å². The molecule has 1 unspecified atom stereocenters. The van der Waals surface area contributed by atoms with Crippen molar-refractivity contribution >= 4 is 5.91 Å². The van der Waals surface area contributed by atoms with Gasteiger partial charge in [0.25, 0.3) is 0 Å². The molecule has 0 radical (unpaired) electrons. The Bertz CT molecular complexity index is 404. The van der Waals surface area contributed by atoms with Gasteiger partial charge in [-0.3, -0.25) is 4.79 Å². The van der Waals surface area contributed by atoms with Crippen LogP contribution >= 0.6 is 0 Å². The second-order valence-corrected chi connectivity index (χ2v) is 4.76. The monoisotopic (exact) mass is 232 g/mol. The summed E-state index contributed by atoms with van der Waals surface area (Å²) in [5.41, 5.74) is 0.855. The van der Waals surface area contributed by atoms with Crippen molar-refractivity contribution in [3.63, 3.8) is 0 Å². The van der Waals surface area contributed by atoms with Crippen molar-refractivity contribution in [2.75, 3.05) is 6.54 Å². The number of hydrogen-bond donors (Lipinski definition) is 1. The Morgan fingerprint density at radius 3 is 3.00 bits per heavy atom. The van der Waals surface area contributed by atoms with Crippen LogP contribution in [-0.4, -0.2) is 39.6 Å². The number of likely N-dealkylation sites (tertiary alicyclic amines) is 1. The van der Waals surface area contributed by atoms with E-state index in [-0.39, 0.29) is 11.9 Å². The number of nitrogens with zero attached hydrogens (tertiary/aromatic N) is 3. The van der Waals surface area contributed by atoms with Crippen LogP contribution in [0.5, 0.6) is 0 Å². The molecule has 1 saturated heterocycles. The van der Waals surface area contributed by atoms with E-state index in [0.29, 0.717) is 12.6 Å². The van der Waals surface area contributed by atoms with E-state index in [9.17, 15) is 4.79 Å². The molecule has 1 amide bonds. The van der Waals surface area contributed by atoms with Crippen LogP contribution in [0.4, 0.5) is 0 Å². The van der Waals surface area contributed by atoms with Crippen LogP contribution in [0.1, 0.15) is 25.0 Å². The molecule has 2 fully saturated rings. The van der Waals surface area contributed by atoms with Crippen LogP contribution in [0.2, 0.25) is 0 Å². The van der Waals surface area contributed by atoms with Crippen LogP contribution < -0.4 is 5.32 Å². The highest BCUT2D eigenvalue weighted by Gasteiger charge is 2.35. The van der Waals surface area contributed by atoms with Gasteiger partial charge in [-0.25, -0.2) is 0 Å². The van der Waals surface area contributed by atoms with E-state index in [1.54, 1.807) is 6.20 Å². The van der Waals surface area contributed by atoms with Crippen molar-refractivity contribution in [3.05, 3.63) is 24.0 Å². The average Bonchev–Trinajstić information content (AvgIpc) is 3.11. The average molecular weight is 232 g/mol. The van der Waals surface area contributed by atoms with Crippen LogP contribution in [0, 0.1) is 0 Å². The summed E-state index contributed by atoms with van der Waals surface area (Å²) in [6, 6.07) is 4.37. The molecule has 17 heavy (non-hydrogen) atoms. The molecule has 1 N–H and O–H groups in total. The quantitative estimate of drug-likeness (QED) is 0.812. The Kier molecular flexibility index (Phi) is 2.76. The fraction of sp³-hybridized carbons (Fsp3) is 0.583. The van der Waals surface area contributed by atoms with Crippen molar-refractivity contribution in [1.82, 2.24) is 20.4 Å². The number of carbonyl (C=O) groups excluding carboxylic acids is 1. The van der Waals surface area contributed by atoms with Gasteiger partial charge >= 0.3 is 0 Å². The standard InChI is InChI=1S/C12H16N4O/c17-12-11(14-9-3-4-9)5-7-16(12)8-10-2-1-6-13-15-10/h1-2,6,9,11,14H,3-5,7-8H2. The van der Waals surface area contributed by atoms with E-state index in [4.69, 9.17) is 0 Å². The molecule has 5 nitrogen and oxygen atoms in total. The molecule has 1 aliphatic heterocycles. The fourth-order valence-corrected chi connectivity index (χ4v) is 2.20. The minimum absolute atomic E-state index is 0.0270. The Balaban J connectivity index is 1.59. The molecule has 5 heteroatoms. The number of rotatable bonds is 4. The minimum Gasteiger partial charge on any atom is -0.335 e. The first-order chi connectivity index (χ1) is 8.33. The Morgan fingerprint density at radius 2 is 2.29 bits per heavy atom. The molecule has 0 aromatic carbocycles. The highest BCUT2D eigenvalue weighted by Crippen LogP contribution is 2.23. The van der Waals surface area contributed by atoms with Crippen molar-refractivity contribution in [1.29, 1.82) is 0 Å². The molecule has 1 aromatic heterocycles. The normalized spacial score (nSPS) is 24.4. The largest absolute Gasteiger partial charge is 0.335 e. The number of aromatic nitrogens is 2. The van der Waals surface area contributed by atoms with Gasteiger partial charge in [0.1, 0.15) is 0 Å². The van der Waals surface area contributed by atoms with Crippen molar-refractivity contribution in [2.24, 2.45) is 0 Å². The minimum atomic E-state index is 0.0270. The van der Waals surface area contributed by atoms with Gasteiger partial charge in [0.15, 0.2) is 0 Å². The molecule has 0 spiro atoms. The zero-order valence-electron chi connectivity index (χ0n) is 9.67. The van der Waals surface area contributed by atoms with Crippen LogP contribution in [0.15, 0.2) is 18.3 Å². The topological polar surface area (TPSA) is 58.1 Å². The van der Waals surface area contributed by atoms with Gasteiger partial charge in [-0.1, -0.05) is 0 Å². The molecular formula is C12H16N4O. The summed E-state index contributed by atoms with van der Waals surface area (Å²) in [6.45, 7) is 1.40. The summed E-state index contributed by atoms with van der Waals surface area (Å²) in [7, 11) is 0. The van der Waals surface area contributed by atoms with Crippen LogP contribution in [0.25, 0.3) is 0 Å². The van der Waals surface area contributed by atoms with Gasteiger partial charge < -0.3 is 10.2 Å². The number of nitrogens with one attached hydrogen (secondary N) is 1. The van der Waals surface area contributed by atoms with E-state index < -0.39 is 0 Å². The van der Waals surface area contributed by atoms with Crippen molar-refractivity contribution < 1.29 is 4.79 Å². The lowest BCUT2D eigenvalue weighted by molar-refractivity contribution is -0.130. The van der Waals surface area contributed by atoms with Gasteiger partial charge in [-0.05, 0) is 31.4 Å². The zero-order valence-corrected chi connectivity index (χ0v) is 9.67. The first-order valence-corrected chi connectivity index (χ1v) is 6.14. The summed E-state index contributed by atoms with van der Waals surface area (Å²) in [4.78, 5) is 14.0. The van der Waals surface area contributed by atoms with Crippen molar-refractivity contribution in [3.8, 4) is 0 Å². The summed E-state index contributed by atoms with van der Waals surface area (Å²) >= 11 is 0. The fourth-order valence-electron chi connectivity index (χ4n) is 2.20. The van der Waals surface area contributed by atoms with E-state index in [0.717, 1.165) is 18.7 Å². The summed E-state index contributed by atoms with van der Waals surface area (Å²) in [5.74, 6) is 0.211. The van der Waals surface area contributed by atoms with Crippen LogP contribution in [0.3, 0.4) is 0 Å². The van der Waals surface area contributed by atoms with E-state index in [1.807, 2.05) is 17.0 Å². The van der Waals surface area contributed by atoms with Gasteiger partial charge in [0.05, 0.1) is 18.3 Å². The van der Waals surface area contributed by atoms with Gasteiger partial charge in [0.2, 0.25) is 5.91 Å². The smallest absolute Gasteiger partial charge is 0.240 e. The zero-order chi connectivity index (χ0) is 11.7. The van der Waals surface area contributed by atoms with Crippen LogP contribution in [-0.2, 0) is 11.3 Å². The lowest BCUT2D eigenvalue weighted by atomic mass is 10.2. The highest BCUT2D eigenvalue weighted by atomic mass is 16.2. The maximum absolute atomic E-state index is 12.1. The van der Waals surface area contributed by atoms with Gasteiger partial charge in [-0.15, -0.1) is 0 Å². The number of hydrogen-bond acceptors (Lipinski definition) is 4. The molecule has 1 aliphatic carbocycles. The molecular weight excluding hydrogens is 216 g/mol. The molecule has 2 heterocycles. The lowest BCUT2D eigenvalue weighted by Crippen LogP contribution is -2.39. The summed E-state index contributed by atoms with van der Waals surface area (Å²) < 4.78 is 0. The van der Waals surface area contributed by atoms with Gasteiger partial charge in [0, 0.05) is 18.8 Å². The predicted octanol–water partition coefficient (Wildman–Crippen LogP) is 0.329. The maximum Gasteiger partial charge on any atom is 0.240 e. The Labute approximate surface area is 100 Å². The summed E-state index contributed by atoms with van der Waals surface area (Å²) in [5, 5.41) is 11.2. The predicted molar refractivity (Wildman–Crippen MR) is 62.0 cm³/mol. The Hall–Kier alpha value is -1.49. The number of carbonyl (C=O) groups is 1. The molecule has 2 aliphatic rings. The number of amides is 1. The van der Waals surface area contributed by atoms with Gasteiger partial charge in [-0.2, -0.15) is 10.2 Å². The molecule has 1 aromatic rings. The molecule has 1 atom stereocenters. The third kappa shape index (κ3) is 2.44. The third-order valence-electron chi connectivity index (χ3n) is 3.29. The first kappa shape index (κ1) is 10.7. The summed E-state index contributed by atoms with van der Waals surface area (Å²) in [6.07, 6.45) is 4.99. The maximum atomic E-state index is 12.1. The SMILES string of the molecule is O=C1C(NC2CC2)CCN1Cc1cccnn1. The molecule has 3 rings (SSSR count). The highest BCUT2D eigenvalue weighted by molar-refractivity contribution is 5.84. The van der Waals surface area contributed by atoms with E-state index in [1.165, 1.54) is 12.8 Å². The van der Waals surface area contributed by atoms with Crippen molar-refractivity contribution in [2.45, 2.75) is 37.9 Å². The third-order valence-corrected chi connectivity index (χ3v) is 3.29. The second-order valence-electron chi connectivity index (χ2n) is 4.76. The second kappa shape index (κ2) is 4.41. The first-order valence-electron chi connectivity index (χ1n) is 6.14. The molecule has 1 saturated carbocycles. The Morgan fingerprint density at radius 1 is 1.41 bits per heavy atom.